The van der Waals surface area contributed by atoms with Crippen molar-refractivity contribution in [2.24, 2.45) is 0 Å². The number of rotatable bonds is 3. The lowest BCUT2D eigenvalue weighted by molar-refractivity contribution is -0.367. The third-order valence-electron chi connectivity index (χ3n) is 4.74. The standard InChI is InChI=1S/C19H19ClF3N3O2/c1-12-3-4-13(9-16(12)28-2)18(27)26-7-5-25(6-8-26)17-15(20)10-14(11-24-17)19(21,22)23/h3-4,9-11H,5-8H2,1-2H3/p+1. The van der Waals surface area contributed by atoms with Crippen LogP contribution in [0.1, 0.15) is 21.5 Å². The molecule has 1 aliphatic heterocycles. The van der Waals surface area contributed by atoms with Gasteiger partial charge in [0, 0.05) is 5.56 Å². The fourth-order valence-electron chi connectivity index (χ4n) is 3.14. The fraction of sp³-hybridized carbons (Fsp3) is 0.368. The zero-order chi connectivity index (χ0) is 20.5. The number of carbonyl (C=O) groups is 1. The quantitative estimate of drug-likeness (QED) is 0.772. The molecule has 3 rings (SSSR count). The first-order valence-electron chi connectivity index (χ1n) is 8.68. The van der Waals surface area contributed by atoms with E-state index in [1.807, 2.05) is 17.9 Å². The van der Waals surface area contributed by atoms with Crippen molar-refractivity contribution in [2.45, 2.75) is 13.1 Å². The summed E-state index contributed by atoms with van der Waals surface area (Å²) < 4.78 is 43.6. The van der Waals surface area contributed by atoms with E-state index in [0.29, 0.717) is 43.3 Å². The predicted octanol–water partition coefficient (Wildman–Crippen LogP) is 3.45. The van der Waals surface area contributed by atoms with Gasteiger partial charge in [0.05, 0.1) is 25.8 Å². The monoisotopic (exact) mass is 414 g/mol. The van der Waals surface area contributed by atoms with E-state index in [1.165, 1.54) is 0 Å². The molecule has 0 unspecified atom stereocenters. The van der Waals surface area contributed by atoms with Gasteiger partial charge in [-0.15, -0.1) is 0 Å². The summed E-state index contributed by atoms with van der Waals surface area (Å²) in [4.78, 5) is 18.9. The number of halogens is 4. The van der Waals surface area contributed by atoms with Crippen LogP contribution in [0.25, 0.3) is 0 Å². The molecule has 1 saturated heterocycles. The molecule has 0 bridgehead atoms. The van der Waals surface area contributed by atoms with Gasteiger partial charge in [-0.1, -0.05) is 17.7 Å². The number of hydrogen-bond acceptors (Lipinski definition) is 3. The molecule has 150 valence electrons. The van der Waals surface area contributed by atoms with E-state index in [2.05, 4.69) is 4.98 Å². The number of amides is 1. The second-order valence-electron chi connectivity index (χ2n) is 6.55. The van der Waals surface area contributed by atoms with Crippen molar-refractivity contribution < 1.29 is 27.7 Å². The number of piperazine rings is 1. The predicted molar refractivity (Wildman–Crippen MR) is 98.9 cm³/mol. The Labute approximate surface area is 165 Å². The van der Waals surface area contributed by atoms with Gasteiger partial charge in [0.25, 0.3) is 11.7 Å². The van der Waals surface area contributed by atoms with Gasteiger partial charge in [-0.25, -0.2) is 4.98 Å². The van der Waals surface area contributed by atoms with Gasteiger partial charge in [-0.2, -0.15) is 13.2 Å². The number of carbonyl (C=O) groups excluding carboxylic acids is 1. The number of anilines is 1. The minimum atomic E-state index is -4.46. The highest BCUT2D eigenvalue weighted by Gasteiger charge is 2.35. The molecule has 0 atom stereocenters. The second kappa shape index (κ2) is 7.87. The summed E-state index contributed by atoms with van der Waals surface area (Å²) in [5.74, 6) is 0.954. The lowest BCUT2D eigenvalue weighted by Gasteiger charge is -2.31. The number of aromatic amines is 1. The number of hydrogen-bond donors (Lipinski definition) is 0. The van der Waals surface area contributed by atoms with E-state index in [1.54, 1.807) is 24.1 Å². The molecular formula is C19H20ClF3N3O2+. The van der Waals surface area contributed by atoms with E-state index >= 15 is 0 Å². The molecule has 28 heavy (non-hydrogen) atoms. The summed E-state index contributed by atoms with van der Waals surface area (Å²) in [7, 11) is 1.56. The first kappa shape index (κ1) is 20.3. The van der Waals surface area contributed by atoms with Crippen LogP contribution in [0.2, 0.25) is 5.02 Å². The number of ether oxygens (including phenoxy) is 1. The van der Waals surface area contributed by atoms with Crippen LogP contribution in [0.15, 0.2) is 30.5 Å². The highest BCUT2D eigenvalue weighted by atomic mass is 35.5. The number of aryl methyl sites for hydroxylation is 1. The molecule has 0 radical (unpaired) electrons. The van der Waals surface area contributed by atoms with Gasteiger partial charge < -0.3 is 9.64 Å². The molecule has 1 fully saturated rings. The number of H-pyrrole nitrogens is 1. The second-order valence-corrected chi connectivity index (χ2v) is 6.95. The Kier molecular flexibility index (Phi) is 5.69. The first-order chi connectivity index (χ1) is 13.2. The molecule has 1 aromatic carbocycles. The lowest BCUT2D eigenvalue weighted by Crippen LogP contribution is -2.50. The van der Waals surface area contributed by atoms with Crippen molar-refractivity contribution in [3.8, 4) is 5.75 Å². The summed E-state index contributed by atoms with van der Waals surface area (Å²) in [6.07, 6.45) is -3.56. The summed E-state index contributed by atoms with van der Waals surface area (Å²) in [6, 6.07) is 6.21. The van der Waals surface area contributed by atoms with Crippen LogP contribution in [-0.4, -0.2) is 44.1 Å². The number of pyridine rings is 1. The molecule has 0 spiro atoms. The summed E-state index contributed by atoms with van der Waals surface area (Å²) in [6.45, 7) is 3.67. The third-order valence-corrected chi connectivity index (χ3v) is 5.03. The Morgan fingerprint density at radius 2 is 1.86 bits per heavy atom. The maximum Gasteiger partial charge on any atom is 0.419 e. The van der Waals surface area contributed by atoms with Gasteiger partial charge in [-0.05, 0) is 30.7 Å². The minimum absolute atomic E-state index is 0.00197. The van der Waals surface area contributed by atoms with Crippen molar-refractivity contribution in [3.05, 3.63) is 52.2 Å². The zero-order valence-electron chi connectivity index (χ0n) is 15.4. The summed E-state index contributed by atoms with van der Waals surface area (Å²) >= 11 is 6.04. The summed E-state index contributed by atoms with van der Waals surface area (Å²) in [5.41, 5.74) is 0.648. The van der Waals surface area contributed by atoms with E-state index in [4.69, 9.17) is 16.3 Å². The molecule has 2 heterocycles. The highest BCUT2D eigenvalue weighted by Crippen LogP contribution is 2.32. The Morgan fingerprint density at radius 3 is 2.43 bits per heavy atom. The first-order valence-corrected chi connectivity index (χ1v) is 9.06. The van der Waals surface area contributed by atoms with Gasteiger partial charge in [0.2, 0.25) is 0 Å². The lowest BCUT2D eigenvalue weighted by atomic mass is 10.1. The van der Waals surface area contributed by atoms with Gasteiger partial charge >= 0.3 is 6.18 Å². The molecule has 5 nitrogen and oxygen atoms in total. The maximum absolute atomic E-state index is 12.8. The van der Waals surface area contributed by atoms with Crippen molar-refractivity contribution in [2.75, 3.05) is 38.2 Å². The van der Waals surface area contributed by atoms with E-state index in [0.717, 1.165) is 17.8 Å². The van der Waals surface area contributed by atoms with Crippen molar-refractivity contribution in [3.63, 3.8) is 0 Å². The maximum atomic E-state index is 12.8. The average molecular weight is 415 g/mol. The Morgan fingerprint density at radius 1 is 1.18 bits per heavy atom. The van der Waals surface area contributed by atoms with Crippen LogP contribution in [0.3, 0.4) is 0 Å². The topological polar surface area (TPSA) is 46.9 Å². The number of methoxy groups -OCH3 is 1. The van der Waals surface area contributed by atoms with E-state index < -0.39 is 11.7 Å². The molecular weight excluding hydrogens is 395 g/mol. The van der Waals surface area contributed by atoms with Crippen molar-refractivity contribution in [1.29, 1.82) is 0 Å². The van der Waals surface area contributed by atoms with Crippen LogP contribution < -0.4 is 14.6 Å². The van der Waals surface area contributed by atoms with Gasteiger partial charge in [-0.3, -0.25) is 9.69 Å². The molecule has 0 aliphatic carbocycles. The molecule has 1 aliphatic rings. The zero-order valence-corrected chi connectivity index (χ0v) is 16.2. The average Bonchev–Trinajstić information content (AvgIpc) is 2.67. The normalized spacial score (nSPS) is 14.9. The SMILES string of the molecule is COc1cc(C(=O)N2CCN(c3[nH+]cc(C(F)(F)F)cc3Cl)CC2)ccc1C. The number of aromatic nitrogens is 1. The van der Waals surface area contributed by atoms with Gasteiger partial charge in [0.15, 0.2) is 0 Å². The van der Waals surface area contributed by atoms with E-state index in [-0.39, 0.29) is 10.9 Å². The molecule has 1 aromatic heterocycles. The Balaban J connectivity index is 1.68. The summed E-state index contributed by atoms with van der Waals surface area (Å²) in [5, 5.41) is -0.00197. The highest BCUT2D eigenvalue weighted by molar-refractivity contribution is 6.32. The number of benzene rings is 1. The minimum Gasteiger partial charge on any atom is -0.496 e. The number of alkyl halides is 3. The molecule has 1 amide bonds. The molecule has 2 aromatic rings. The molecule has 9 heteroatoms. The van der Waals surface area contributed by atoms with Crippen molar-refractivity contribution in [1.82, 2.24) is 4.90 Å². The molecule has 1 N–H and O–H groups in total. The number of nitrogens with one attached hydrogen (secondary N) is 1. The Bertz CT molecular complexity index is 881. The van der Waals surface area contributed by atoms with Crippen LogP contribution in [0.4, 0.5) is 19.0 Å². The third kappa shape index (κ3) is 4.16. The van der Waals surface area contributed by atoms with Crippen LogP contribution >= 0.6 is 11.6 Å². The largest absolute Gasteiger partial charge is 0.496 e. The fourth-order valence-corrected chi connectivity index (χ4v) is 3.43. The Hall–Kier alpha value is -2.48. The van der Waals surface area contributed by atoms with E-state index in [9.17, 15) is 18.0 Å². The number of nitrogens with zero attached hydrogens (tertiary/aromatic N) is 2. The van der Waals surface area contributed by atoms with Gasteiger partial charge in [0.1, 0.15) is 30.1 Å². The van der Waals surface area contributed by atoms with Crippen LogP contribution in [0.5, 0.6) is 5.75 Å². The van der Waals surface area contributed by atoms with Crippen molar-refractivity contribution >= 4 is 23.3 Å². The van der Waals surface area contributed by atoms with Crippen LogP contribution in [-0.2, 0) is 6.18 Å². The molecule has 0 saturated carbocycles. The van der Waals surface area contributed by atoms with Crippen LogP contribution in [0, 0.1) is 6.92 Å². The smallest absolute Gasteiger partial charge is 0.419 e.